The van der Waals surface area contributed by atoms with E-state index in [1.165, 1.54) is 0 Å². The summed E-state index contributed by atoms with van der Waals surface area (Å²) in [5, 5.41) is 8.71. The van der Waals surface area contributed by atoms with Gasteiger partial charge in [-0.05, 0) is 18.8 Å². The van der Waals surface area contributed by atoms with E-state index in [-0.39, 0.29) is 5.92 Å². The van der Waals surface area contributed by atoms with Crippen molar-refractivity contribution < 1.29 is 9.90 Å². The molecule has 0 bridgehead atoms. The summed E-state index contributed by atoms with van der Waals surface area (Å²) >= 11 is 0. The minimum absolute atomic E-state index is 0.0370. The Bertz CT molecular complexity index is 131. The summed E-state index contributed by atoms with van der Waals surface area (Å²) in [6.07, 6.45) is 4.15. The van der Waals surface area contributed by atoms with E-state index in [1.54, 1.807) is 0 Å². The van der Waals surface area contributed by atoms with Gasteiger partial charge in [-0.2, -0.15) is 0 Å². The first-order chi connectivity index (χ1) is 4.75. The van der Waals surface area contributed by atoms with Gasteiger partial charge >= 0.3 is 5.97 Å². The van der Waals surface area contributed by atoms with Gasteiger partial charge in [0.05, 0.1) is 5.92 Å². The van der Waals surface area contributed by atoms with Gasteiger partial charge < -0.3 is 5.11 Å². The second-order valence-corrected chi connectivity index (χ2v) is 3.04. The van der Waals surface area contributed by atoms with Crippen LogP contribution in [0, 0.1) is 11.8 Å². The third kappa shape index (κ3) is 1.31. The summed E-state index contributed by atoms with van der Waals surface area (Å²) in [5.74, 6) is -0.174. The molecule has 0 radical (unpaired) electrons. The lowest BCUT2D eigenvalue weighted by Gasteiger charge is -2.11. The molecule has 1 rings (SSSR count). The zero-order valence-corrected chi connectivity index (χ0v) is 6.34. The minimum Gasteiger partial charge on any atom is -0.481 e. The molecular formula is C8H14O2. The van der Waals surface area contributed by atoms with Crippen molar-refractivity contribution in [3.63, 3.8) is 0 Å². The second kappa shape index (κ2) is 3.04. The summed E-state index contributed by atoms with van der Waals surface area (Å²) in [4.78, 5) is 10.6. The first-order valence-electron chi connectivity index (χ1n) is 3.98. The molecule has 0 saturated heterocycles. The summed E-state index contributed by atoms with van der Waals surface area (Å²) in [5.41, 5.74) is 0. The zero-order chi connectivity index (χ0) is 7.56. The molecule has 0 amide bonds. The number of hydrogen-bond donors (Lipinski definition) is 1. The number of aliphatic carboxylic acids is 1. The largest absolute Gasteiger partial charge is 0.481 e. The molecule has 1 aliphatic rings. The van der Waals surface area contributed by atoms with Crippen molar-refractivity contribution in [2.45, 2.75) is 32.6 Å². The maximum absolute atomic E-state index is 10.6. The Morgan fingerprint density at radius 3 is 2.70 bits per heavy atom. The normalized spacial score (nSPS) is 32.5. The molecule has 1 N–H and O–H groups in total. The van der Waals surface area contributed by atoms with Gasteiger partial charge in [0.2, 0.25) is 0 Å². The van der Waals surface area contributed by atoms with Crippen LogP contribution in [0.5, 0.6) is 0 Å². The van der Waals surface area contributed by atoms with Gasteiger partial charge in [-0.3, -0.25) is 4.79 Å². The van der Waals surface area contributed by atoms with Gasteiger partial charge in [0.15, 0.2) is 0 Å². The monoisotopic (exact) mass is 142 g/mol. The molecule has 0 aromatic heterocycles. The molecule has 2 heteroatoms. The van der Waals surface area contributed by atoms with Gasteiger partial charge in [0, 0.05) is 0 Å². The van der Waals surface area contributed by atoms with Crippen LogP contribution in [-0.2, 0) is 4.79 Å². The molecule has 1 saturated carbocycles. The SMILES string of the molecule is CCC1CCCC1C(=O)O. The number of rotatable bonds is 2. The van der Waals surface area contributed by atoms with Crippen LogP contribution in [0.25, 0.3) is 0 Å². The third-order valence-electron chi connectivity index (χ3n) is 2.50. The van der Waals surface area contributed by atoms with Gasteiger partial charge in [0.25, 0.3) is 0 Å². The molecular weight excluding hydrogens is 128 g/mol. The molecule has 0 heterocycles. The highest BCUT2D eigenvalue weighted by Crippen LogP contribution is 2.33. The molecule has 58 valence electrons. The Balaban J connectivity index is 2.50. The van der Waals surface area contributed by atoms with Crippen LogP contribution >= 0.6 is 0 Å². The number of carboxylic acids is 1. The fraction of sp³-hybridized carbons (Fsp3) is 0.875. The van der Waals surface area contributed by atoms with Crippen molar-refractivity contribution in [2.24, 2.45) is 11.8 Å². The highest BCUT2D eigenvalue weighted by Gasteiger charge is 2.30. The summed E-state index contributed by atoms with van der Waals surface area (Å²) in [6.45, 7) is 2.08. The Hall–Kier alpha value is -0.530. The Morgan fingerprint density at radius 2 is 2.30 bits per heavy atom. The molecule has 0 aliphatic heterocycles. The fourth-order valence-electron chi connectivity index (χ4n) is 1.85. The van der Waals surface area contributed by atoms with Crippen molar-refractivity contribution in [3.05, 3.63) is 0 Å². The van der Waals surface area contributed by atoms with Crippen molar-refractivity contribution in [1.82, 2.24) is 0 Å². The maximum atomic E-state index is 10.6. The van der Waals surface area contributed by atoms with Crippen LogP contribution in [0.3, 0.4) is 0 Å². The lowest BCUT2D eigenvalue weighted by atomic mass is 9.94. The van der Waals surface area contributed by atoms with E-state index in [2.05, 4.69) is 6.92 Å². The van der Waals surface area contributed by atoms with Crippen molar-refractivity contribution in [1.29, 1.82) is 0 Å². The van der Waals surface area contributed by atoms with Gasteiger partial charge in [0.1, 0.15) is 0 Å². The first-order valence-corrected chi connectivity index (χ1v) is 3.98. The summed E-state index contributed by atoms with van der Waals surface area (Å²) < 4.78 is 0. The Labute approximate surface area is 61.2 Å². The molecule has 0 aromatic carbocycles. The lowest BCUT2D eigenvalue weighted by Crippen LogP contribution is -2.17. The van der Waals surface area contributed by atoms with Crippen LogP contribution < -0.4 is 0 Å². The quantitative estimate of drug-likeness (QED) is 0.639. The minimum atomic E-state index is -0.593. The van der Waals surface area contributed by atoms with Crippen molar-refractivity contribution in [2.75, 3.05) is 0 Å². The average Bonchev–Trinajstić information content (AvgIpc) is 2.33. The first kappa shape index (κ1) is 7.58. The van der Waals surface area contributed by atoms with Gasteiger partial charge in [-0.1, -0.05) is 19.8 Å². The van der Waals surface area contributed by atoms with E-state index >= 15 is 0 Å². The van der Waals surface area contributed by atoms with Crippen molar-refractivity contribution >= 4 is 5.97 Å². The van der Waals surface area contributed by atoms with E-state index in [0.717, 1.165) is 25.7 Å². The predicted molar refractivity (Wildman–Crippen MR) is 38.8 cm³/mol. The van der Waals surface area contributed by atoms with Crippen LogP contribution in [-0.4, -0.2) is 11.1 Å². The maximum Gasteiger partial charge on any atom is 0.306 e. The molecule has 0 spiro atoms. The summed E-state index contributed by atoms with van der Waals surface area (Å²) in [6, 6.07) is 0. The molecule has 10 heavy (non-hydrogen) atoms. The fourth-order valence-corrected chi connectivity index (χ4v) is 1.85. The Morgan fingerprint density at radius 1 is 1.60 bits per heavy atom. The topological polar surface area (TPSA) is 37.3 Å². The summed E-state index contributed by atoms with van der Waals surface area (Å²) in [7, 11) is 0. The smallest absolute Gasteiger partial charge is 0.306 e. The second-order valence-electron chi connectivity index (χ2n) is 3.04. The Kier molecular flexibility index (Phi) is 2.30. The van der Waals surface area contributed by atoms with Gasteiger partial charge in [-0.25, -0.2) is 0 Å². The van der Waals surface area contributed by atoms with E-state index in [0.29, 0.717) is 5.92 Å². The number of carbonyl (C=O) groups is 1. The van der Waals surface area contributed by atoms with E-state index in [9.17, 15) is 4.79 Å². The van der Waals surface area contributed by atoms with Crippen LogP contribution in [0.1, 0.15) is 32.6 Å². The van der Waals surface area contributed by atoms with Crippen LogP contribution in [0.2, 0.25) is 0 Å². The zero-order valence-electron chi connectivity index (χ0n) is 6.34. The standard InChI is InChI=1S/C8H14O2/c1-2-6-4-3-5-7(6)8(9)10/h6-7H,2-5H2,1H3,(H,9,10). The lowest BCUT2D eigenvalue weighted by molar-refractivity contribution is -0.142. The molecule has 2 unspecified atom stereocenters. The predicted octanol–water partition coefficient (Wildman–Crippen LogP) is 1.90. The van der Waals surface area contributed by atoms with Gasteiger partial charge in [-0.15, -0.1) is 0 Å². The molecule has 1 fully saturated rings. The van der Waals surface area contributed by atoms with E-state index < -0.39 is 5.97 Å². The molecule has 2 nitrogen and oxygen atoms in total. The molecule has 1 aliphatic carbocycles. The van der Waals surface area contributed by atoms with Crippen LogP contribution in [0.4, 0.5) is 0 Å². The molecule has 2 atom stereocenters. The van der Waals surface area contributed by atoms with E-state index in [1.807, 2.05) is 0 Å². The third-order valence-corrected chi connectivity index (χ3v) is 2.50. The van der Waals surface area contributed by atoms with Crippen molar-refractivity contribution in [3.8, 4) is 0 Å². The molecule has 0 aromatic rings. The van der Waals surface area contributed by atoms with E-state index in [4.69, 9.17) is 5.11 Å². The highest BCUT2D eigenvalue weighted by atomic mass is 16.4. The number of carboxylic acid groups (broad SMARTS) is 1. The van der Waals surface area contributed by atoms with Crippen LogP contribution in [0.15, 0.2) is 0 Å². The average molecular weight is 142 g/mol. The number of hydrogen-bond acceptors (Lipinski definition) is 1. The highest BCUT2D eigenvalue weighted by molar-refractivity contribution is 5.70.